The molecule has 0 fully saturated rings. The van der Waals surface area contributed by atoms with Crippen LogP contribution in [-0.2, 0) is 11.3 Å². The summed E-state index contributed by atoms with van der Waals surface area (Å²) in [7, 11) is 0. The first kappa shape index (κ1) is 13.0. The molecule has 0 aliphatic heterocycles. The van der Waals surface area contributed by atoms with Crippen molar-refractivity contribution in [3.8, 4) is 0 Å². The maximum absolute atomic E-state index is 13.1. The van der Waals surface area contributed by atoms with Crippen molar-refractivity contribution in [1.29, 1.82) is 0 Å². The second-order valence-corrected chi connectivity index (χ2v) is 3.23. The van der Waals surface area contributed by atoms with Crippen molar-refractivity contribution < 1.29 is 17.9 Å². The van der Waals surface area contributed by atoms with Gasteiger partial charge in [0.1, 0.15) is 12.4 Å². The van der Waals surface area contributed by atoms with Gasteiger partial charge >= 0.3 is 0 Å². The number of alkyl halides is 2. The van der Waals surface area contributed by atoms with Crippen LogP contribution in [0.1, 0.15) is 5.56 Å². The summed E-state index contributed by atoms with van der Waals surface area (Å²) >= 11 is 0. The Kier molecular flexibility index (Phi) is 5.88. The van der Waals surface area contributed by atoms with Gasteiger partial charge in [-0.2, -0.15) is 0 Å². The van der Waals surface area contributed by atoms with E-state index in [-0.39, 0.29) is 12.4 Å². The lowest BCUT2D eigenvalue weighted by molar-refractivity contribution is 0.0187. The van der Waals surface area contributed by atoms with Crippen molar-refractivity contribution in [1.82, 2.24) is 5.32 Å². The predicted molar refractivity (Wildman–Crippen MR) is 54.9 cm³/mol. The molecule has 0 aliphatic carbocycles. The number of benzene rings is 1. The van der Waals surface area contributed by atoms with Crippen LogP contribution in [0.2, 0.25) is 0 Å². The van der Waals surface area contributed by atoms with E-state index in [9.17, 15) is 13.2 Å². The van der Waals surface area contributed by atoms with E-state index in [1.54, 1.807) is 18.2 Å². The van der Waals surface area contributed by atoms with E-state index in [2.05, 4.69) is 10.1 Å². The Bertz CT molecular complexity index is 307. The Morgan fingerprint density at radius 3 is 2.69 bits per heavy atom. The van der Waals surface area contributed by atoms with E-state index in [1.807, 2.05) is 0 Å². The molecule has 0 spiro atoms. The van der Waals surface area contributed by atoms with Gasteiger partial charge in [0.15, 0.2) is 0 Å². The molecule has 1 aromatic rings. The quantitative estimate of drug-likeness (QED) is 0.729. The summed E-state index contributed by atoms with van der Waals surface area (Å²) in [6, 6.07) is 6.41. The third-order valence-corrected chi connectivity index (χ3v) is 1.94. The van der Waals surface area contributed by atoms with Crippen molar-refractivity contribution in [2.24, 2.45) is 0 Å². The van der Waals surface area contributed by atoms with Gasteiger partial charge in [-0.15, -0.1) is 0 Å². The molecule has 0 atom stereocenters. The Labute approximate surface area is 92.4 Å². The maximum atomic E-state index is 13.1. The molecule has 0 saturated heterocycles. The average molecular weight is 233 g/mol. The standard InChI is InChI=1S/C11H14F3NO/c12-10-4-2-1-3-9(10)7-15-5-6-16-8-11(13)14/h1-4,11,15H,5-8H2. The second-order valence-electron chi connectivity index (χ2n) is 3.23. The zero-order valence-electron chi connectivity index (χ0n) is 8.76. The fourth-order valence-electron chi connectivity index (χ4n) is 1.18. The van der Waals surface area contributed by atoms with Crippen molar-refractivity contribution in [3.63, 3.8) is 0 Å². The first-order valence-corrected chi connectivity index (χ1v) is 5.00. The molecule has 0 aliphatic rings. The fraction of sp³-hybridized carbons (Fsp3) is 0.455. The van der Waals surface area contributed by atoms with E-state index in [1.165, 1.54) is 6.07 Å². The Morgan fingerprint density at radius 2 is 2.00 bits per heavy atom. The lowest BCUT2D eigenvalue weighted by Gasteiger charge is -2.06. The van der Waals surface area contributed by atoms with Crippen LogP contribution in [0.3, 0.4) is 0 Å². The van der Waals surface area contributed by atoms with E-state index >= 15 is 0 Å². The Hall–Kier alpha value is -1.07. The van der Waals surface area contributed by atoms with Crippen LogP contribution >= 0.6 is 0 Å². The molecule has 16 heavy (non-hydrogen) atoms. The first-order chi connectivity index (χ1) is 7.70. The van der Waals surface area contributed by atoms with Gasteiger partial charge in [0.2, 0.25) is 0 Å². The summed E-state index contributed by atoms with van der Waals surface area (Å²) in [4.78, 5) is 0. The van der Waals surface area contributed by atoms with E-state index < -0.39 is 13.0 Å². The SMILES string of the molecule is Fc1ccccc1CNCCOCC(F)F. The molecule has 0 unspecified atom stereocenters. The van der Waals surface area contributed by atoms with Crippen molar-refractivity contribution in [3.05, 3.63) is 35.6 Å². The maximum Gasteiger partial charge on any atom is 0.261 e. The number of rotatable bonds is 7. The minimum atomic E-state index is -2.44. The smallest absolute Gasteiger partial charge is 0.261 e. The molecular formula is C11H14F3NO. The van der Waals surface area contributed by atoms with Gasteiger partial charge < -0.3 is 10.1 Å². The molecule has 90 valence electrons. The molecule has 0 radical (unpaired) electrons. The van der Waals surface area contributed by atoms with Gasteiger partial charge in [0.25, 0.3) is 6.43 Å². The molecular weight excluding hydrogens is 219 g/mol. The third-order valence-electron chi connectivity index (χ3n) is 1.94. The van der Waals surface area contributed by atoms with Crippen molar-refractivity contribution >= 4 is 0 Å². The fourth-order valence-corrected chi connectivity index (χ4v) is 1.18. The minimum Gasteiger partial charge on any atom is -0.374 e. The van der Waals surface area contributed by atoms with Crippen LogP contribution in [0.5, 0.6) is 0 Å². The molecule has 1 N–H and O–H groups in total. The lowest BCUT2D eigenvalue weighted by Crippen LogP contribution is -2.21. The van der Waals surface area contributed by atoms with Gasteiger partial charge in [-0.3, -0.25) is 0 Å². The van der Waals surface area contributed by atoms with Crippen molar-refractivity contribution in [2.75, 3.05) is 19.8 Å². The summed E-state index contributed by atoms with van der Waals surface area (Å²) in [5.74, 6) is -0.275. The lowest BCUT2D eigenvalue weighted by atomic mass is 10.2. The highest BCUT2D eigenvalue weighted by molar-refractivity contribution is 5.16. The zero-order valence-corrected chi connectivity index (χ0v) is 8.76. The predicted octanol–water partition coefficient (Wildman–Crippen LogP) is 2.20. The summed E-state index contributed by atoms with van der Waals surface area (Å²) < 4.78 is 41.1. The topological polar surface area (TPSA) is 21.3 Å². The average Bonchev–Trinajstić information content (AvgIpc) is 2.25. The first-order valence-electron chi connectivity index (χ1n) is 5.00. The van der Waals surface area contributed by atoms with E-state index in [0.717, 1.165) is 0 Å². The highest BCUT2D eigenvalue weighted by Crippen LogP contribution is 2.04. The van der Waals surface area contributed by atoms with E-state index in [0.29, 0.717) is 18.7 Å². The highest BCUT2D eigenvalue weighted by atomic mass is 19.3. The monoisotopic (exact) mass is 233 g/mol. The van der Waals surface area contributed by atoms with Crippen LogP contribution < -0.4 is 5.32 Å². The number of halogens is 3. The van der Waals surface area contributed by atoms with Crippen LogP contribution in [-0.4, -0.2) is 26.2 Å². The van der Waals surface area contributed by atoms with E-state index in [4.69, 9.17) is 0 Å². The van der Waals surface area contributed by atoms with Gasteiger partial charge in [0.05, 0.1) is 6.61 Å². The molecule has 0 saturated carbocycles. The number of ether oxygens (including phenoxy) is 1. The summed E-state index contributed by atoms with van der Waals surface area (Å²) in [5, 5.41) is 2.91. The van der Waals surface area contributed by atoms with Crippen molar-refractivity contribution in [2.45, 2.75) is 13.0 Å². The van der Waals surface area contributed by atoms with Crippen LogP contribution in [0.4, 0.5) is 13.2 Å². The molecule has 0 aromatic heterocycles. The van der Waals surface area contributed by atoms with Gasteiger partial charge in [-0.1, -0.05) is 18.2 Å². The minimum absolute atomic E-state index is 0.193. The van der Waals surface area contributed by atoms with Gasteiger partial charge in [0, 0.05) is 18.7 Å². The summed E-state index contributed by atoms with van der Waals surface area (Å²) in [5.41, 5.74) is 0.552. The molecule has 5 heteroatoms. The number of hydrogen-bond acceptors (Lipinski definition) is 2. The van der Waals surface area contributed by atoms with Gasteiger partial charge in [-0.25, -0.2) is 13.2 Å². The largest absolute Gasteiger partial charge is 0.374 e. The molecule has 1 rings (SSSR count). The van der Waals surface area contributed by atoms with Crippen LogP contribution in [0.25, 0.3) is 0 Å². The van der Waals surface area contributed by atoms with Gasteiger partial charge in [-0.05, 0) is 6.07 Å². The summed E-state index contributed by atoms with van der Waals surface area (Å²) in [6.45, 7) is 0.423. The number of nitrogens with one attached hydrogen (secondary N) is 1. The highest BCUT2D eigenvalue weighted by Gasteiger charge is 2.01. The molecule has 1 aromatic carbocycles. The molecule has 0 bridgehead atoms. The Morgan fingerprint density at radius 1 is 1.25 bits per heavy atom. The second kappa shape index (κ2) is 7.24. The molecule has 0 heterocycles. The summed E-state index contributed by atoms with van der Waals surface area (Å²) in [6.07, 6.45) is -2.44. The number of hydrogen-bond donors (Lipinski definition) is 1. The molecule has 0 amide bonds. The zero-order chi connectivity index (χ0) is 11.8. The Balaban J connectivity index is 2.10. The third kappa shape index (κ3) is 5.14. The normalized spacial score (nSPS) is 11.0. The van der Waals surface area contributed by atoms with Crippen LogP contribution in [0, 0.1) is 5.82 Å². The van der Waals surface area contributed by atoms with Crippen LogP contribution in [0.15, 0.2) is 24.3 Å². The molecule has 2 nitrogen and oxygen atoms in total.